The first-order chi connectivity index (χ1) is 7.25. The summed E-state index contributed by atoms with van der Waals surface area (Å²) in [5.41, 5.74) is 6.01. The van der Waals surface area contributed by atoms with Gasteiger partial charge in [0.15, 0.2) is 0 Å². The molecular weight excluding hydrogens is 206 g/mol. The van der Waals surface area contributed by atoms with Crippen molar-refractivity contribution in [3.63, 3.8) is 0 Å². The molecule has 2 rings (SSSR count). The maximum atomic E-state index is 6.01. The Morgan fingerprint density at radius 3 is 3.07 bits per heavy atom. The van der Waals surface area contributed by atoms with Gasteiger partial charge in [-0.3, -0.25) is 0 Å². The highest BCUT2D eigenvalue weighted by Crippen LogP contribution is 2.32. The summed E-state index contributed by atoms with van der Waals surface area (Å²) in [4.78, 5) is 5.58. The van der Waals surface area contributed by atoms with Gasteiger partial charge in [-0.1, -0.05) is 0 Å². The van der Waals surface area contributed by atoms with E-state index in [9.17, 15) is 0 Å². The smallest absolute Gasteiger partial charge is 0.107 e. The third-order valence-electron chi connectivity index (χ3n) is 2.83. The molecule has 15 heavy (non-hydrogen) atoms. The first-order valence-corrected chi connectivity index (χ1v) is 6.45. The summed E-state index contributed by atoms with van der Waals surface area (Å²) in [6.45, 7) is 3.98. The first-order valence-electron chi connectivity index (χ1n) is 5.63. The van der Waals surface area contributed by atoms with Gasteiger partial charge < -0.3 is 11.1 Å². The number of nitrogens with zero attached hydrogens (tertiary/aromatic N) is 1. The number of hydrogen-bond acceptors (Lipinski definition) is 4. The number of nitrogens with two attached hydrogens (primary N) is 1. The third-order valence-corrected chi connectivity index (χ3v) is 3.74. The van der Waals surface area contributed by atoms with Crippen molar-refractivity contribution in [3.8, 4) is 0 Å². The molecule has 0 aliphatic heterocycles. The molecule has 1 aliphatic carbocycles. The molecule has 3 nitrogen and oxygen atoms in total. The van der Waals surface area contributed by atoms with Gasteiger partial charge in [0.2, 0.25) is 0 Å². The van der Waals surface area contributed by atoms with E-state index in [1.54, 1.807) is 11.3 Å². The molecule has 1 aliphatic rings. The second-order valence-corrected chi connectivity index (χ2v) is 5.65. The summed E-state index contributed by atoms with van der Waals surface area (Å²) in [5.74, 6) is 0.814. The zero-order chi connectivity index (χ0) is 10.7. The van der Waals surface area contributed by atoms with Crippen molar-refractivity contribution >= 4 is 11.3 Å². The molecule has 0 aromatic carbocycles. The molecule has 84 valence electrons. The minimum Gasteiger partial charge on any atom is -0.327 e. The lowest BCUT2D eigenvalue weighted by atomic mass is 10.1. The lowest BCUT2D eigenvalue weighted by Crippen LogP contribution is -2.28. The van der Waals surface area contributed by atoms with Gasteiger partial charge >= 0.3 is 0 Å². The van der Waals surface area contributed by atoms with Gasteiger partial charge in [-0.05, 0) is 38.6 Å². The predicted octanol–water partition coefficient (Wildman–Crippen LogP) is 1.67. The summed E-state index contributed by atoms with van der Waals surface area (Å²) in [7, 11) is 0. The summed E-state index contributed by atoms with van der Waals surface area (Å²) in [5, 5.41) is 4.57. The molecule has 4 heteroatoms. The van der Waals surface area contributed by atoms with E-state index in [2.05, 4.69) is 17.2 Å². The minimum absolute atomic E-state index is 0.413. The average Bonchev–Trinajstić information content (AvgIpc) is 2.98. The number of aryl methyl sites for hydroxylation is 1. The fourth-order valence-corrected chi connectivity index (χ4v) is 2.46. The largest absolute Gasteiger partial charge is 0.327 e. The Hall–Kier alpha value is -0.450. The van der Waals surface area contributed by atoms with E-state index >= 15 is 0 Å². The van der Waals surface area contributed by atoms with Crippen molar-refractivity contribution in [3.05, 3.63) is 16.1 Å². The Kier molecular flexibility index (Phi) is 3.72. The van der Waals surface area contributed by atoms with E-state index in [1.165, 1.54) is 22.7 Å². The van der Waals surface area contributed by atoms with Crippen LogP contribution in [0.1, 0.15) is 29.1 Å². The van der Waals surface area contributed by atoms with Crippen LogP contribution in [-0.4, -0.2) is 17.6 Å². The lowest BCUT2D eigenvalue weighted by molar-refractivity contribution is 0.517. The van der Waals surface area contributed by atoms with Crippen LogP contribution in [0.2, 0.25) is 0 Å². The van der Waals surface area contributed by atoms with Gasteiger partial charge in [-0.2, -0.15) is 0 Å². The molecule has 0 amide bonds. The molecule has 1 aromatic rings. The SMILES string of the molecule is Cc1cnc(CNCCC(N)C2CC2)s1. The van der Waals surface area contributed by atoms with Crippen LogP contribution in [0, 0.1) is 12.8 Å². The Bertz CT molecular complexity index is 307. The quantitative estimate of drug-likeness (QED) is 0.724. The molecule has 1 atom stereocenters. The topological polar surface area (TPSA) is 50.9 Å². The number of nitrogens with one attached hydrogen (secondary N) is 1. The van der Waals surface area contributed by atoms with Crippen molar-refractivity contribution in [2.45, 2.75) is 38.8 Å². The molecule has 0 bridgehead atoms. The predicted molar refractivity (Wildman–Crippen MR) is 63.9 cm³/mol. The van der Waals surface area contributed by atoms with Crippen LogP contribution in [0.15, 0.2) is 6.20 Å². The van der Waals surface area contributed by atoms with E-state index in [-0.39, 0.29) is 0 Å². The number of aromatic nitrogens is 1. The normalized spacial score (nSPS) is 18.0. The van der Waals surface area contributed by atoms with Crippen LogP contribution in [0.4, 0.5) is 0 Å². The maximum Gasteiger partial charge on any atom is 0.107 e. The van der Waals surface area contributed by atoms with E-state index in [1.807, 2.05) is 6.20 Å². The molecular formula is C11H19N3S. The highest BCUT2D eigenvalue weighted by Gasteiger charge is 2.27. The van der Waals surface area contributed by atoms with Gasteiger partial charge in [-0.15, -0.1) is 11.3 Å². The van der Waals surface area contributed by atoms with Crippen LogP contribution >= 0.6 is 11.3 Å². The second-order valence-electron chi connectivity index (χ2n) is 4.33. The van der Waals surface area contributed by atoms with E-state index in [4.69, 9.17) is 5.73 Å². The summed E-state index contributed by atoms with van der Waals surface area (Å²) >= 11 is 1.76. The first kappa shape index (κ1) is 11.0. The molecule has 1 heterocycles. The average molecular weight is 225 g/mol. The highest BCUT2D eigenvalue weighted by molar-refractivity contribution is 7.11. The Morgan fingerprint density at radius 1 is 1.67 bits per heavy atom. The number of thiazole rings is 1. The van der Waals surface area contributed by atoms with Crippen molar-refractivity contribution in [2.24, 2.45) is 11.7 Å². The van der Waals surface area contributed by atoms with Crippen LogP contribution in [0.25, 0.3) is 0 Å². The van der Waals surface area contributed by atoms with E-state index in [0.717, 1.165) is 25.4 Å². The lowest BCUT2D eigenvalue weighted by Gasteiger charge is -2.09. The van der Waals surface area contributed by atoms with Gasteiger partial charge in [0.05, 0.1) is 0 Å². The second kappa shape index (κ2) is 5.05. The number of hydrogen-bond donors (Lipinski definition) is 2. The van der Waals surface area contributed by atoms with Gasteiger partial charge in [0.1, 0.15) is 5.01 Å². The summed E-state index contributed by atoms with van der Waals surface area (Å²) in [6, 6.07) is 0.413. The fourth-order valence-electron chi connectivity index (χ4n) is 1.71. The van der Waals surface area contributed by atoms with Crippen LogP contribution in [0.3, 0.4) is 0 Å². The van der Waals surface area contributed by atoms with Crippen LogP contribution in [0.5, 0.6) is 0 Å². The zero-order valence-electron chi connectivity index (χ0n) is 9.20. The molecule has 0 spiro atoms. The molecule has 0 saturated heterocycles. The Morgan fingerprint density at radius 2 is 2.47 bits per heavy atom. The zero-order valence-corrected chi connectivity index (χ0v) is 10.0. The van der Waals surface area contributed by atoms with Gasteiger partial charge in [0.25, 0.3) is 0 Å². The molecule has 0 radical (unpaired) electrons. The molecule has 1 fully saturated rings. The van der Waals surface area contributed by atoms with Crippen molar-refractivity contribution < 1.29 is 0 Å². The molecule has 1 saturated carbocycles. The monoisotopic (exact) mass is 225 g/mol. The Balaban J connectivity index is 1.58. The number of rotatable bonds is 6. The van der Waals surface area contributed by atoms with Gasteiger partial charge in [-0.25, -0.2) is 4.98 Å². The van der Waals surface area contributed by atoms with Gasteiger partial charge in [0, 0.05) is 23.7 Å². The van der Waals surface area contributed by atoms with Crippen molar-refractivity contribution in [2.75, 3.05) is 6.54 Å². The van der Waals surface area contributed by atoms with Crippen LogP contribution < -0.4 is 11.1 Å². The molecule has 1 unspecified atom stereocenters. The minimum atomic E-state index is 0.413. The third kappa shape index (κ3) is 3.55. The summed E-state index contributed by atoms with van der Waals surface area (Å²) in [6.07, 6.45) is 5.70. The van der Waals surface area contributed by atoms with Crippen molar-refractivity contribution in [1.29, 1.82) is 0 Å². The fraction of sp³-hybridized carbons (Fsp3) is 0.727. The van der Waals surface area contributed by atoms with Crippen LogP contribution in [-0.2, 0) is 6.54 Å². The summed E-state index contributed by atoms with van der Waals surface area (Å²) < 4.78 is 0. The highest BCUT2D eigenvalue weighted by atomic mass is 32.1. The maximum absolute atomic E-state index is 6.01. The standard InChI is InChI=1S/C11H19N3S/c1-8-6-14-11(15-8)7-13-5-4-10(12)9-2-3-9/h6,9-10,13H,2-5,7,12H2,1H3. The molecule has 1 aromatic heterocycles. The Labute approximate surface area is 95.1 Å². The molecule has 3 N–H and O–H groups in total. The van der Waals surface area contributed by atoms with E-state index < -0.39 is 0 Å². The van der Waals surface area contributed by atoms with Crippen molar-refractivity contribution in [1.82, 2.24) is 10.3 Å². The van der Waals surface area contributed by atoms with E-state index in [0.29, 0.717) is 6.04 Å².